The second-order valence-electron chi connectivity index (χ2n) is 7.68. The normalized spacial score (nSPS) is 18.9. The molecule has 2 aromatic rings. The van der Waals surface area contributed by atoms with E-state index in [-0.39, 0.29) is 23.7 Å². The number of nitriles is 1. The summed E-state index contributed by atoms with van der Waals surface area (Å²) in [6.45, 7) is 1.92. The molecule has 1 atom stereocenters. The molecule has 1 fully saturated rings. The van der Waals surface area contributed by atoms with Crippen molar-refractivity contribution in [3.05, 3.63) is 58.7 Å². The van der Waals surface area contributed by atoms with Gasteiger partial charge in [-0.15, -0.1) is 0 Å². The molecule has 2 aromatic carbocycles. The van der Waals surface area contributed by atoms with Crippen LogP contribution in [0, 0.1) is 24.2 Å². The summed E-state index contributed by atoms with van der Waals surface area (Å²) in [5.41, 5.74) is 4.78. The van der Waals surface area contributed by atoms with Gasteiger partial charge >= 0.3 is 0 Å². The SMILES string of the molecule is Cc1c(NC(=O)C2CCCC2)ccc2c1NC(=O)C[C@@H]2c1ccccc1C#N. The standard InChI is InChI=1S/C23H23N3O2/c1-14-20(25-23(28)15-6-2-3-7-15)11-10-18-19(12-21(27)26-22(14)18)17-9-5-4-8-16(17)13-24/h4-5,8-11,15,19H,2-3,6-7,12H2,1H3,(H,25,28)(H,26,27)/t19-/m1/s1. The Kier molecular flexibility index (Phi) is 4.87. The largest absolute Gasteiger partial charge is 0.326 e. The lowest BCUT2D eigenvalue weighted by Crippen LogP contribution is -2.26. The average molecular weight is 373 g/mol. The molecule has 2 N–H and O–H groups in total. The zero-order valence-corrected chi connectivity index (χ0v) is 15.9. The van der Waals surface area contributed by atoms with Crippen molar-refractivity contribution < 1.29 is 9.59 Å². The van der Waals surface area contributed by atoms with Crippen LogP contribution in [0.3, 0.4) is 0 Å². The van der Waals surface area contributed by atoms with Gasteiger partial charge in [-0.3, -0.25) is 9.59 Å². The molecule has 5 nitrogen and oxygen atoms in total. The number of anilines is 2. The molecule has 0 radical (unpaired) electrons. The Morgan fingerprint density at radius 1 is 1.14 bits per heavy atom. The first-order valence-electron chi connectivity index (χ1n) is 9.81. The third-order valence-corrected chi connectivity index (χ3v) is 5.97. The van der Waals surface area contributed by atoms with E-state index in [4.69, 9.17) is 0 Å². The molecule has 4 rings (SSSR count). The van der Waals surface area contributed by atoms with Gasteiger partial charge in [-0.1, -0.05) is 37.1 Å². The molecule has 0 unspecified atom stereocenters. The molecule has 2 amide bonds. The summed E-state index contributed by atoms with van der Waals surface area (Å²) in [5, 5.41) is 15.5. The van der Waals surface area contributed by atoms with E-state index in [0.717, 1.165) is 53.7 Å². The minimum atomic E-state index is -0.169. The number of benzene rings is 2. The van der Waals surface area contributed by atoms with E-state index in [2.05, 4.69) is 16.7 Å². The summed E-state index contributed by atoms with van der Waals surface area (Å²) in [7, 11) is 0. The molecule has 1 heterocycles. The van der Waals surface area contributed by atoms with E-state index < -0.39 is 0 Å². The Morgan fingerprint density at radius 2 is 1.89 bits per heavy atom. The molecule has 1 aliphatic carbocycles. The van der Waals surface area contributed by atoms with Crippen LogP contribution in [0.25, 0.3) is 0 Å². The second kappa shape index (κ2) is 7.47. The maximum absolute atomic E-state index is 12.5. The number of carbonyl (C=O) groups is 2. The maximum Gasteiger partial charge on any atom is 0.227 e. The van der Waals surface area contributed by atoms with Crippen LogP contribution in [-0.4, -0.2) is 11.8 Å². The smallest absolute Gasteiger partial charge is 0.227 e. The van der Waals surface area contributed by atoms with Crippen molar-refractivity contribution in [2.45, 2.75) is 44.9 Å². The molecule has 28 heavy (non-hydrogen) atoms. The van der Waals surface area contributed by atoms with Gasteiger partial charge in [0.15, 0.2) is 0 Å². The Morgan fingerprint density at radius 3 is 2.64 bits per heavy atom. The van der Waals surface area contributed by atoms with Gasteiger partial charge in [-0.2, -0.15) is 5.26 Å². The summed E-state index contributed by atoms with van der Waals surface area (Å²) in [5.74, 6) is -0.0974. The van der Waals surface area contributed by atoms with E-state index in [1.54, 1.807) is 6.07 Å². The van der Waals surface area contributed by atoms with E-state index in [0.29, 0.717) is 12.0 Å². The van der Waals surface area contributed by atoms with Crippen LogP contribution in [0.4, 0.5) is 11.4 Å². The Hall–Kier alpha value is -3.13. The van der Waals surface area contributed by atoms with E-state index in [1.807, 2.05) is 37.3 Å². The van der Waals surface area contributed by atoms with Gasteiger partial charge in [0, 0.05) is 29.6 Å². The van der Waals surface area contributed by atoms with Crippen molar-refractivity contribution in [1.82, 2.24) is 0 Å². The third kappa shape index (κ3) is 3.27. The number of carbonyl (C=O) groups excluding carboxylic acids is 2. The molecule has 2 aliphatic rings. The number of hydrogen-bond donors (Lipinski definition) is 2. The third-order valence-electron chi connectivity index (χ3n) is 5.97. The molecule has 0 spiro atoms. The Labute approximate surface area is 164 Å². The summed E-state index contributed by atoms with van der Waals surface area (Å²) in [6, 6.07) is 13.5. The highest BCUT2D eigenvalue weighted by atomic mass is 16.2. The molecule has 1 saturated carbocycles. The molecule has 0 aromatic heterocycles. The number of amides is 2. The van der Waals surface area contributed by atoms with Gasteiger partial charge < -0.3 is 10.6 Å². The predicted molar refractivity (Wildman–Crippen MR) is 108 cm³/mol. The fourth-order valence-corrected chi connectivity index (χ4v) is 4.41. The monoisotopic (exact) mass is 373 g/mol. The van der Waals surface area contributed by atoms with Crippen LogP contribution in [0.5, 0.6) is 0 Å². The molecule has 142 valence electrons. The van der Waals surface area contributed by atoms with Gasteiger partial charge in [0.2, 0.25) is 11.8 Å². The minimum Gasteiger partial charge on any atom is -0.326 e. The predicted octanol–water partition coefficient (Wildman–Crippen LogP) is 4.47. The highest BCUT2D eigenvalue weighted by molar-refractivity contribution is 5.99. The van der Waals surface area contributed by atoms with Crippen LogP contribution < -0.4 is 10.6 Å². The zero-order valence-electron chi connectivity index (χ0n) is 15.9. The fourth-order valence-electron chi connectivity index (χ4n) is 4.41. The highest BCUT2D eigenvalue weighted by Crippen LogP contribution is 2.42. The molecular formula is C23H23N3O2. The number of nitrogens with one attached hydrogen (secondary N) is 2. The van der Waals surface area contributed by atoms with Crippen molar-refractivity contribution in [3.8, 4) is 6.07 Å². The van der Waals surface area contributed by atoms with Gasteiger partial charge in [-0.25, -0.2) is 0 Å². The first kappa shape index (κ1) is 18.2. The first-order valence-corrected chi connectivity index (χ1v) is 9.81. The number of nitrogens with zero attached hydrogens (tertiary/aromatic N) is 1. The van der Waals surface area contributed by atoms with Gasteiger partial charge in [-0.05, 0) is 48.6 Å². The number of hydrogen-bond acceptors (Lipinski definition) is 3. The molecule has 5 heteroatoms. The Balaban J connectivity index is 1.70. The van der Waals surface area contributed by atoms with Crippen molar-refractivity contribution in [2.24, 2.45) is 5.92 Å². The van der Waals surface area contributed by atoms with Crippen molar-refractivity contribution >= 4 is 23.2 Å². The number of fused-ring (bicyclic) bond motifs is 1. The summed E-state index contributed by atoms with van der Waals surface area (Å²) in [4.78, 5) is 25.0. The topological polar surface area (TPSA) is 82.0 Å². The summed E-state index contributed by atoms with van der Waals surface area (Å²) >= 11 is 0. The lowest BCUT2D eigenvalue weighted by Gasteiger charge is -2.29. The van der Waals surface area contributed by atoms with E-state index >= 15 is 0 Å². The van der Waals surface area contributed by atoms with Crippen molar-refractivity contribution in [3.63, 3.8) is 0 Å². The van der Waals surface area contributed by atoms with Gasteiger partial charge in [0.25, 0.3) is 0 Å². The number of rotatable bonds is 3. The van der Waals surface area contributed by atoms with Crippen LogP contribution in [-0.2, 0) is 9.59 Å². The average Bonchev–Trinajstić information content (AvgIpc) is 3.25. The highest BCUT2D eigenvalue weighted by Gasteiger charge is 2.30. The molecule has 0 saturated heterocycles. The summed E-state index contributed by atoms with van der Waals surface area (Å²) in [6.07, 6.45) is 4.41. The van der Waals surface area contributed by atoms with Crippen LogP contribution in [0.2, 0.25) is 0 Å². The van der Waals surface area contributed by atoms with Gasteiger partial charge in [0.1, 0.15) is 0 Å². The Bertz CT molecular complexity index is 984. The summed E-state index contributed by atoms with van der Waals surface area (Å²) < 4.78 is 0. The maximum atomic E-state index is 12.5. The zero-order chi connectivity index (χ0) is 19.7. The lowest BCUT2D eigenvalue weighted by molar-refractivity contribution is -0.119. The second-order valence-corrected chi connectivity index (χ2v) is 7.68. The van der Waals surface area contributed by atoms with Gasteiger partial charge in [0.05, 0.1) is 11.6 Å². The molecule has 1 aliphatic heterocycles. The van der Waals surface area contributed by atoms with Crippen LogP contribution in [0.15, 0.2) is 36.4 Å². The van der Waals surface area contributed by atoms with Crippen molar-refractivity contribution in [2.75, 3.05) is 10.6 Å². The van der Waals surface area contributed by atoms with Crippen LogP contribution >= 0.6 is 0 Å². The van der Waals surface area contributed by atoms with Crippen molar-refractivity contribution in [1.29, 1.82) is 5.26 Å². The molecular weight excluding hydrogens is 350 g/mol. The molecule has 0 bridgehead atoms. The van der Waals surface area contributed by atoms with E-state index in [9.17, 15) is 14.9 Å². The van der Waals surface area contributed by atoms with E-state index in [1.165, 1.54) is 0 Å². The fraction of sp³-hybridized carbons (Fsp3) is 0.348. The minimum absolute atomic E-state index is 0.0639. The van der Waals surface area contributed by atoms with Crippen LogP contribution in [0.1, 0.15) is 60.3 Å². The first-order chi connectivity index (χ1) is 13.6. The lowest BCUT2D eigenvalue weighted by atomic mass is 9.81. The quantitative estimate of drug-likeness (QED) is 0.833.